The Morgan fingerprint density at radius 2 is 1.69 bits per heavy atom. The Hall–Kier alpha value is -0.830. The van der Waals surface area contributed by atoms with Crippen molar-refractivity contribution in [2.24, 2.45) is 23.7 Å². The number of carboxylic acids is 1. The number of unbranched alkanes of at least 4 members (excludes halogenated alkanes) is 8. The van der Waals surface area contributed by atoms with E-state index in [1.54, 1.807) is 0 Å². The van der Waals surface area contributed by atoms with Crippen molar-refractivity contribution in [1.82, 2.24) is 0 Å². The van der Waals surface area contributed by atoms with Crippen molar-refractivity contribution in [3.8, 4) is 0 Å². The second-order valence-electron chi connectivity index (χ2n) is 8.77. The predicted molar refractivity (Wildman–Crippen MR) is 107 cm³/mol. The van der Waals surface area contributed by atoms with E-state index in [0.717, 1.165) is 32.1 Å². The number of aliphatic carboxylic acids is 1. The zero-order chi connectivity index (χ0) is 18.8. The largest absolute Gasteiger partial charge is 0.481 e. The van der Waals surface area contributed by atoms with E-state index in [-0.39, 0.29) is 6.10 Å². The number of fused-ring (bicyclic) bond motifs is 1. The molecule has 2 saturated carbocycles. The predicted octanol–water partition coefficient (Wildman–Crippen LogP) is 5.96. The first-order valence-corrected chi connectivity index (χ1v) is 11.2. The van der Waals surface area contributed by atoms with Crippen LogP contribution in [0.2, 0.25) is 0 Å². The number of aliphatic hydroxyl groups excluding tert-OH is 1. The van der Waals surface area contributed by atoms with Crippen molar-refractivity contribution in [2.75, 3.05) is 0 Å². The smallest absolute Gasteiger partial charge is 0.303 e. The highest BCUT2D eigenvalue weighted by molar-refractivity contribution is 5.66. The zero-order valence-electron chi connectivity index (χ0n) is 16.7. The topological polar surface area (TPSA) is 57.5 Å². The van der Waals surface area contributed by atoms with Crippen LogP contribution < -0.4 is 0 Å². The average Bonchev–Trinajstić information content (AvgIpc) is 3.12. The summed E-state index contributed by atoms with van der Waals surface area (Å²) in [5.41, 5.74) is 0. The summed E-state index contributed by atoms with van der Waals surface area (Å²) >= 11 is 0. The van der Waals surface area contributed by atoms with E-state index in [1.807, 2.05) is 0 Å². The fraction of sp³-hybridized carbons (Fsp3) is 0.870. The van der Waals surface area contributed by atoms with Crippen LogP contribution in [0, 0.1) is 23.7 Å². The summed E-state index contributed by atoms with van der Waals surface area (Å²) in [4.78, 5) is 10.8. The van der Waals surface area contributed by atoms with Gasteiger partial charge in [-0.1, -0.05) is 64.0 Å². The molecule has 26 heavy (non-hydrogen) atoms. The maximum absolute atomic E-state index is 10.8. The number of allylic oxidation sites excluding steroid dienone is 1. The van der Waals surface area contributed by atoms with Gasteiger partial charge in [0.15, 0.2) is 0 Å². The van der Waals surface area contributed by atoms with Crippen LogP contribution in [0.25, 0.3) is 0 Å². The first-order chi connectivity index (χ1) is 12.6. The van der Waals surface area contributed by atoms with E-state index >= 15 is 0 Å². The molecule has 0 bridgehead atoms. The van der Waals surface area contributed by atoms with Gasteiger partial charge in [0.2, 0.25) is 0 Å². The molecular weight excluding hydrogens is 324 g/mol. The lowest BCUT2D eigenvalue weighted by molar-refractivity contribution is -0.137. The lowest BCUT2D eigenvalue weighted by Crippen LogP contribution is -2.17. The quantitative estimate of drug-likeness (QED) is 0.313. The second kappa shape index (κ2) is 11.8. The van der Waals surface area contributed by atoms with E-state index in [2.05, 4.69) is 19.1 Å². The number of hydrogen-bond donors (Lipinski definition) is 2. The van der Waals surface area contributed by atoms with Crippen LogP contribution in [0.5, 0.6) is 0 Å². The van der Waals surface area contributed by atoms with Crippen molar-refractivity contribution in [2.45, 2.75) is 103 Å². The standard InChI is InChI=1S/C23H40O3/c1-2-3-4-5-6-7-8-9-10-11-12-20-21-16-18(13-14-23(25)26)15-19(21)17-22(20)24/h11-12,18-22,24H,2-10,13-17H2,1H3,(H,25,26)/b12-11+/t18?,19-,20+,21-,22+/m0/s1. The molecule has 0 heterocycles. The molecule has 3 heteroatoms. The summed E-state index contributed by atoms with van der Waals surface area (Å²) in [6.45, 7) is 2.26. The normalized spacial score (nSPS) is 30.9. The molecule has 150 valence electrons. The molecule has 2 aliphatic rings. The number of carboxylic acid groups (broad SMARTS) is 1. The third kappa shape index (κ3) is 7.06. The molecule has 2 rings (SSSR count). The lowest BCUT2D eigenvalue weighted by Gasteiger charge is -2.18. The van der Waals surface area contributed by atoms with E-state index in [9.17, 15) is 9.90 Å². The minimum absolute atomic E-state index is 0.180. The molecule has 0 aromatic carbocycles. The van der Waals surface area contributed by atoms with Gasteiger partial charge in [0.05, 0.1) is 6.10 Å². The summed E-state index contributed by atoms with van der Waals surface area (Å²) in [6.07, 6.45) is 20.6. The minimum atomic E-state index is -0.677. The molecule has 1 unspecified atom stereocenters. The Bertz CT molecular complexity index is 431. The van der Waals surface area contributed by atoms with Crippen LogP contribution in [-0.4, -0.2) is 22.3 Å². The summed E-state index contributed by atoms with van der Waals surface area (Å²) in [6, 6.07) is 0. The molecule has 0 aliphatic heterocycles. The van der Waals surface area contributed by atoms with Crippen LogP contribution in [0.4, 0.5) is 0 Å². The maximum atomic E-state index is 10.8. The van der Waals surface area contributed by atoms with Crippen molar-refractivity contribution in [3.63, 3.8) is 0 Å². The summed E-state index contributed by atoms with van der Waals surface area (Å²) in [5, 5.41) is 19.3. The van der Waals surface area contributed by atoms with Crippen LogP contribution in [-0.2, 0) is 4.79 Å². The molecular formula is C23H40O3. The van der Waals surface area contributed by atoms with Gasteiger partial charge < -0.3 is 10.2 Å². The summed E-state index contributed by atoms with van der Waals surface area (Å²) in [5.74, 6) is 1.38. The van der Waals surface area contributed by atoms with E-state index in [4.69, 9.17) is 5.11 Å². The number of rotatable bonds is 13. The Balaban J connectivity index is 1.60. The number of carbonyl (C=O) groups is 1. The molecule has 2 N–H and O–H groups in total. The van der Waals surface area contributed by atoms with Gasteiger partial charge in [-0.15, -0.1) is 0 Å². The monoisotopic (exact) mass is 364 g/mol. The second-order valence-corrected chi connectivity index (χ2v) is 8.77. The van der Waals surface area contributed by atoms with Gasteiger partial charge in [0.25, 0.3) is 0 Å². The average molecular weight is 365 g/mol. The molecule has 5 atom stereocenters. The Morgan fingerprint density at radius 3 is 2.38 bits per heavy atom. The molecule has 0 aromatic heterocycles. The fourth-order valence-electron chi connectivity index (χ4n) is 5.26. The van der Waals surface area contributed by atoms with Crippen molar-refractivity contribution >= 4 is 5.97 Å². The van der Waals surface area contributed by atoms with E-state index in [1.165, 1.54) is 51.4 Å². The first-order valence-electron chi connectivity index (χ1n) is 11.2. The van der Waals surface area contributed by atoms with Gasteiger partial charge in [-0.25, -0.2) is 0 Å². The fourth-order valence-corrected chi connectivity index (χ4v) is 5.26. The summed E-state index contributed by atoms with van der Waals surface area (Å²) in [7, 11) is 0. The zero-order valence-corrected chi connectivity index (χ0v) is 16.7. The van der Waals surface area contributed by atoms with Crippen molar-refractivity contribution < 1.29 is 15.0 Å². The highest BCUT2D eigenvalue weighted by Gasteiger charge is 2.46. The molecule has 0 spiro atoms. The minimum Gasteiger partial charge on any atom is -0.481 e. The van der Waals surface area contributed by atoms with Crippen LogP contribution in [0.1, 0.15) is 96.8 Å². The van der Waals surface area contributed by atoms with E-state index in [0.29, 0.717) is 30.1 Å². The highest BCUT2D eigenvalue weighted by atomic mass is 16.4. The molecule has 2 fully saturated rings. The molecule has 3 nitrogen and oxygen atoms in total. The Labute approximate surface area is 160 Å². The van der Waals surface area contributed by atoms with Crippen molar-refractivity contribution in [3.05, 3.63) is 12.2 Å². The van der Waals surface area contributed by atoms with Gasteiger partial charge in [0, 0.05) is 12.3 Å². The van der Waals surface area contributed by atoms with E-state index < -0.39 is 5.97 Å². The molecule has 0 amide bonds. The molecule has 0 saturated heterocycles. The lowest BCUT2D eigenvalue weighted by atomic mass is 9.89. The third-order valence-electron chi connectivity index (χ3n) is 6.68. The number of hydrogen-bond acceptors (Lipinski definition) is 2. The van der Waals surface area contributed by atoms with Crippen LogP contribution in [0.15, 0.2) is 12.2 Å². The molecule has 2 aliphatic carbocycles. The van der Waals surface area contributed by atoms with Gasteiger partial charge in [-0.2, -0.15) is 0 Å². The highest BCUT2D eigenvalue weighted by Crippen LogP contribution is 2.51. The van der Waals surface area contributed by atoms with Gasteiger partial charge in [-0.05, 0) is 56.3 Å². The van der Waals surface area contributed by atoms with Gasteiger partial charge in [-0.3, -0.25) is 4.79 Å². The number of aliphatic hydroxyl groups is 1. The third-order valence-corrected chi connectivity index (χ3v) is 6.68. The van der Waals surface area contributed by atoms with Gasteiger partial charge >= 0.3 is 5.97 Å². The maximum Gasteiger partial charge on any atom is 0.303 e. The van der Waals surface area contributed by atoms with Crippen molar-refractivity contribution in [1.29, 1.82) is 0 Å². The first kappa shape index (κ1) is 21.5. The SMILES string of the molecule is CCCCCCCCCC/C=C/[C@@H]1[C@H]2CC(CCC(=O)O)C[C@H]2C[C@H]1O. The molecule has 0 aromatic rings. The summed E-state index contributed by atoms with van der Waals surface area (Å²) < 4.78 is 0. The van der Waals surface area contributed by atoms with Crippen LogP contribution in [0.3, 0.4) is 0 Å². The Kier molecular flexibility index (Phi) is 9.74. The Morgan fingerprint density at radius 1 is 1.00 bits per heavy atom. The molecule has 0 radical (unpaired) electrons. The van der Waals surface area contributed by atoms with Gasteiger partial charge in [0.1, 0.15) is 0 Å². The van der Waals surface area contributed by atoms with Crippen LogP contribution >= 0.6 is 0 Å².